The number of amides is 1. The van der Waals surface area contributed by atoms with Crippen LogP contribution in [-0.2, 0) is 21.8 Å². The normalized spacial score (nSPS) is 8.75. The zero-order valence-electron chi connectivity index (χ0n) is 10.4. The second kappa shape index (κ2) is 12.4. The molecule has 0 aromatic rings. The molecular weight excluding hydrogens is 254 g/mol. The number of ether oxygens (including phenoxy) is 1. The molecule has 0 rings (SSSR count). The van der Waals surface area contributed by atoms with Crippen molar-refractivity contribution in [1.82, 2.24) is 5.32 Å². The van der Waals surface area contributed by atoms with E-state index in [-0.39, 0.29) is 17.1 Å². The monoisotopic (exact) mass is 274 g/mol. The topological polar surface area (TPSA) is 38.3 Å². The zero-order chi connectivity index (χ0) is 12.3. The van der Waals surface area contributed by atoms with Gasteiger partial charge in [0.25, 0.3) is 0 Å². The molecule has 0 aromatic heterocycles. The molecule has 98 valence electrons. The van der Waals surface area contributed by atoms with Crippen LogP contribution in [0.25, 0.3) is 0 Å². The zero-order valence-corrected chi connectivity index (χ0v) is 11.4. The van der Waals surface area contributed by atoms with Crippen LogP contribution in [-0.4, -0.2) is 11.7 Å². The predicted molar refractivity (Wildman–Crippen MR) is 61.4 cm³/mol. The summed E-state index contributed by atoms with van der Waals surface area (Å²) in [6.45, 7) is 7.49. The van der Waals surface area contributed by atoms with Gasteiger partial charge >= 0.3 is 23.2 Å². The number of hydrogen-bond donors (Lipinski definition) is 1. The minimum Gasteiger partial charge on any atom is -0.694 e. The summed E-state index contributed by atoms with van der Waals surface area (Å²) in [5.41, 5.74) is -0.429. The summed E-state index contributed by atoms with van der Waals surface area (Å²) in [5.74, 6) is 2.32. The van der Waals surface area contributed by atoms with Crippen LogP contribution in [0.15, 0.2) is 0 Å². The first-order valence-corrected chi connectivity index (χ1v) is 5.03. The quantitative estimate of drug-likeness (QED) is 0.364. The first-order valence-electron chi connectivity index (χ1n) is 5.03. The van der Waals surface area contributed by atoms with Gasteiger partial charge in [-0.3, -0.25) is 7.05 Å². The second-order valence-corrected chi connectivity index (χ2v) is 3.96. The first-order chi connectivity index (χ1) is 6.87. The molecule has 1 N–H and O–H groups in total. The number of carbonyl (C=O) groups excluding carboxylic acids is 1. The van der Waals surface area contributed by atoms with E-state index in [0.29, 0.717) is 0 Å². The van der Waals surface area contributed by atoms with E-state index in [1.165, 1.54) is 6.42 Å². The maximum Gasteiger partial charge on any atom is 1.00 e. The molecule has 0 fully saturated rings. The summed E-state index contributed by atoms with van der Waals surface area (Å²) in [6.07, 6.45) is 9.08. The van der Waals surface area contributed by atoms with E-state index in [2.05, 4.69) is 25.2 Å². The fraction of sp³-hybridized carbons (Fsp3) is 0.667. The molecule has 4 heteroatoms. The molecule has 0 heterocycles. The molecule has 0 aromatic carbocycles. The molecule has 3 nitrogen and oxygen atoms in total. The molecule has 0 spiro atoms. The molecule has 1 amide bonds. The molecule has 0 aliphatic heterocycles. The Kier molecular flexibility index (Phi) is 16.1. The van der Waals surface area contributed by atoms with E-state index in [9.17, 15) is 4.79 Å². The minimum absolute atomic E-state index is 0. The molecule has 0 aliphatic carbocycles. The van der Waals surface area contributed by atoms with Gasteiger partial charge in [0, 0.05) is 0 Å². The van der Waals surface area contributed by atoms with Crippen molar-refractivity contribution in [1.29, 1.82) is 0 Å². The van der Waals surface area contributed by atoms with Crippen LogP contribution in [0.1, 0.15) is 47.0 Å². The Morgan fingerprint density at radius 3 is 2.12 bits per heavy atom. The number of carbonyl (C=O) groups is 1. The van der Waals surface area contributed by atoms with Gasteiger partial charge in [-0.15, -0.1) is 0 Å². The van der Waals surface area contributed by atoms with Gasteiger partial charge in [-0.2, -0.15) is 0 Å². The van der Waals surface area contributed by atoms with Crippen LogP contribution in [0.5, 0.6) is 0 Å². The van der Waals surface area contributed by atoms with E-state index >= 15 is 0 Å². The van der Waals surface area contributed by atoms with Crippen LogP contribution in [0, 0.1) is 19.4 Å². The summed E-state index contributed by atoms with van der Waals surface area (Å²) >= 11 is 0. The molecule has 0 saturated heterocycles. The third-order valence-electron chi connectivity index (χ3n) is 1.20. The minimum atomic E-state index is -0.498. The van der Waals surface area contributed by atoms with Crippen LogP contribution >= 0.6 is 0 Å². The first kappa shape index (κ1) is 20.7. The van der Waals surface area contributed by atoms with Crippen molar-refractivity contribution in [2.75, 3.05) is 0 Å². The summed E-state index contributed by atoms with van der Waals surface area (Å²) < 4.78 is 4.77. The van der Waals surface area contributed by atoms with Crippen molar-refractivity contribution in [3.05, 3.63) is 13.5 Å². The number of unbranched alkanes of at least 4 members (excludes halogenated alkanes) is 2. The number of hydrogen-bond acceptors (Lipinski definition) is 2. The molecule has 0 radical (unpaired) electrons. The summed E-state index contributed by atoms with van der Waals surface area (Å²) in [4.78, 5) is 10.4. The van der Waals surface area contributed by atoms with Crippen molar-refractivity contribution in [3.63, 3.8) is 0 Å². The van der Waals surface area contributed by atoms with Crippen LogP contribution < -0.4 is 5.32 Å². The summed E-state index contributed by atoms with van der Waals surface area (Å²) in [5, 5.41) is 2.11. The SMILES string of the molecule is [C-]#CCCCC.[CH2-]NC(=O)OC(C)(C)C.[Cu+]. The van der Waals surface area contributed by atoms with E-state index in [1.54, 1.807) is 20.8 Å². The van der Waals surface area contributed by atoms with Gasteiger partial charge in [-0.1, -0.05) is 13.3 Å². The largest absolute Gasteiger partial charge is 1.00 e. The standard InChI is InChI=1S/C6H12NO2.C6H9.Cu/c1-6(2,3)9-5(8)7-4;1-3-5-6-4-2;/h4H2,1-3H3,(H,7,8);3,5-6H2,1H3;/q2*-1;+1. The van der Waals surface area contributed by atoms with E-state index in [4.69, 9.17) is 11.2 Å². The predicted octanol–water partition coefficient (Wildman–Crippen LogP) is 3.07. The number of rotatable bonds is 2. The van der Waals surface area contributed by atoms with Crippen LogP contribution in [0.4, 0.5) is 4.79 Å². The average molecular weight is 275 g/mol. The Morgan fingerprint density at radius 1 is 1.50 bits per heavy atom. The Hall–Kier alpha value is -0.651. The maximum atomic E-state index is 10.4. The summed E-state index contributed by atoms with van der Waals surface area (Å²) in [6, 6.07) is 0. The smallest absolute Gasteiger partial charge is 0.694 e. The van der Waals surface area contributed by atoms with Gasteiger partial charge in [0.05, 0.1) is 0 Å². The van der Waals surface area contributed by atoms with Gasteiger partial charge in [0.15, 0.2) is 0 Å². The van der Waals surface area contributed by atoms with E-state index < -0.39 is 11.7 Å². The van der Waals surface area contributed by atoms with Crippen LogP contribution in [0.3, 0.4) is 0 Å². The van der Waals surface area contributed by atoms with Crippen molar-refractivity contribution in [2.24, 2.45) is 0 Å². The number of alkyl carbamates (subject to hydrolysis) is 1. The number of nitrogens with one attached hydrogen (secondary N) is 1. The molecule has 0 unspecified atom stereocenters. The van der Waals surface area contributed by atoms with Crippen molar-refractivity contribution in [3.8, 4) is 5.92 Å². The second-order valence-electron chi connectivity index (χ2n) is 3.96. The molecular formula is C12H21CuNO2-. The van der Waals surface area contributed by atoms with Crippen LogP contribution in [0.2, 0.25) is 0 Å². The van der Waals surface area contributed by atoms with Gasteiger partial charge in [-0.25, -0.2) is 4.79 Å². The molecule has 16 heavy (non-hydrogen) atoms. The fourth-order valence-corrected chi connectivity index (χ4v) is 0.579. The average Bonchev–Trinajstić information content (AvgIpc) is 2.13. The Labute approximate surface area is 110 Å². The van der Waals surface area contributed by atoms with Gasteiger partial charge in [-0.05, 0) is 33.6 Å². The van der Waals surface area contributed by atoms with E-state index in [1.807, 2.05) is 0 Å². The Morgan fingerprint density at radius 2 is 2.00 bits per heavy atom. The molecule has 0 bridgehead atoms. The molecule has 0 atom stereocenters. The fourth-order valence-electron chi connectivity index (χ4n) is 0.579. The third kappa shape index (κ3) is 23.3. The van der Waals surface area contributed by atoms with E-state index in [0.717, 1.165) is 12.8 Å². The van der Waals surface area contributed by atoms with Crippen molar-refractivity contribution < 1.29 is 26.6 Å². The maximum absolute atomic E-state index is 10.4. The Balaban J connectivity index is -0.000000214. The van der Waals surface area contributed by atoms with Crippen molar-refractivity contribution >= 4 is 6.09 Å². The van der Waals surface area contributed by atoms with Gasteiger partial charge < -0.3 is 22.4 Å². The third-order valence-corrected chi connectivity index (χ3v) is 1.20. The molecule has 0 saturated carbocycles. The van der Waals surface area contributed by atoms with Gasteiger partial charge in [0.1, 0.15) is 5.60 Å². The van der Waals surface area contributed by atoms with Gasteiger partial charge in [0.2, 0.25) is 0 Å². The van der Waals surface area contributed by atoms with Crippen molar-refractivity contribution in [2.45, 2.75) is 52.6 Å². The summed E-state index contributed by atoms with van der Waals surface area (Å²) in [7, 11) is 3.15. The Bertz CT molecular complexity index is 204. The molecule has 0 aliphatic rings.